The van der Waals surface area contributed by atoms with Gasteiger partial charge in [-0.15, -0.1) is 11.3 Å². The van der Waals surface area contributed by atoms with Gasteiger partial charge in [0.1, 0.15) is 5.00 Å². The van der Waals surface area contributed by atoms with Crippen molar-refractivity contribution in [2.75, 3.05) is 5.32 Å². The molecule has 1 aromatic carbocycles. The maximum Gasteiger partial charge on any atom is 0.303 e. The molecule has 0 unspecified atom stereocenters. The second-order valence-corrected chi connectivity index (χ2v) is 8.68. The number of amides is 1. The van der Waals surface area contributed by atoms with Crippen LogP contribution >= 0.6 is 22.9 Å². The predicted molar refractivity (Wildman–Crippen MR) is 108 cm³/mol. The lowest BCUT2D eigenvalue weighted by molar-refractivity contribution is -0.139. The Hall–Kier alpha value is -2.18. The number of hydrogen-bond acceptors (Lipinski definition) is 4. The van der Waals surface area contributed by atoms with E-state index in [9.17, 15) is 14.4 Å². The Bertz CT molecular complexity index is 855. The Kier molecular flexibility index (Phi) is 6.78. The summed E-state index contributed by atoms with van der Waals surface area (Å²) in [7, 11) is 0. The van der Waals surface area contributed by atoms with E-state index in [1.54, 1.807) is 44.2 Å². The standard InChI is InChI=1S/C20H22ClNO4S/c1-4-14-9-15(18(26)12-5-7-13(21)8-6-12)19(27-14)22-16(23)10-20(2,3)11-17(24)25/h5-9H,4,10-11H2,1-3H3,(H,22,23)(H,24,25). The van der Waals surface area contributed by atoms with Gasteiger partial charge in [-0.3, -0.25) is 14.4 Å². The molecule has 1 heterocycles. The Morgan fingerprint density at radius 2 is 1.78 bits per heavy atom. The van der Waals surface area contributed by atoms with Crippen LogP contribution in [0, 0.1) is 5.41 Å². The third-order valence-electron chi connectivity index (χ3n) is 4.00. The number of ketones is 1. The van der Waals surface area contributed by atoms with E-state index in [1.165, 1.54) is 11.3 Å². The molecule has 5 nitrogen and oxygen atoms in total. The first-order valence-corrected chi connectivity index (χ1v) is 9.75. The predicted octanol–water partition coefficient (Wildman–Crippen LogP) is 5.02. The second kappa shape index (κ2) is 8.67. The lowest BCUT2D eigenvalue weighted by Gasteiger charge is -2.21. The van der Waals surface area contributed by atoms with Crippen molar-refractivity contribution >= 4 is 45.6 Å². The van der Waals surface area contributed by atoms with Gasteiger partial charge in [0.15, 0.2) is 5.78 Å². The number of carbonyl (C=O) groups excluding carboxylic acids is 2. The summed E-state index contributed by atoms with van der Waals surface area (Å²) in [5.74, 6) is -1.45. The molecule has 2 aromatic rings. The molecule has 0 bridgehead atoms. The third-order valence-corrected chi connectivity index (χ3v) is 5.45. The normalized spacial score (nSPS) is 11.3. The molecule has 0 radical (unpaired) electrons. The SMILES string of the molecule is CCc1cc(C(=O)c2ccc(Cl)cc2)c(NC(=O)CC(C)(C)CC(=O)O)s1. The lowest BCUT2D eigenvalue weighted by Crippen LogP contribution is -2.25. The Labute approximate surface area is 167 Å². The summed E-state index contributed by atoms with van der Waals surface area (Å²) in [4.78, 5) is 37.2. The van der Waals surface area contributed by atoms with Gasteiger partial charge >= 0.3 is 5.97 Å². The first-order valence-electron chi connectivity index (χ1n) is 8.56. The summed E-state index contributed by atoms with van der Waals surface area (Å²) in [6.07, 6.45) is 0.681. The van der Waals surface area contributed by atoms with Gasteiger partial charge in [0.05, 0.1) is 12.0 Å². The van der Waals surface area contributed by atoms with Crippen LogP contribution in [0.4, 0.5) is 5.00 Å². The number of hydrogen-bond donors (Lipinski definition) is 2. The minimum absolute atomic E-state index is 0.0488. The minimum atomic E-state index is -0.948. The van der Waals surface area contributed by atoms with E-state index in [2.05, 4.69) is 5.32 Å². The number of aryl methyl sites for hydroxylation is 1. The maximum absolute atomic E-state index is 12.9. The van der Waals surface area contributed by atoms with Gasteiger partial charge in [0.25, 0.3) is 0 Å². The van der Waals surface area contributed by atoms with Gasteiger partial charge in [-0.25, -0.2) is 0 Å². The molecule has 2 N–H and O–H groups in total. The molecular formula is C20H22ClNO4S. The summed E-state index contributed by atoms with van der Waals surface area (Å²) in [6.45, 7) is 5.43. The lowest BCUT2D eigenvalue weighted by atomic mass is 9.85. The number of thiophene rings is 1. The van der Waals surface area contributed by atoms with Crippen molar-refractivity contribution in [3.05, 3.63) is 51.4 Å². The van der Waals surface area contributed by atoms with Crippen molar-refractivity contribution in [2.45, 2.75) is 40.0 Å². The van der Waals surface area contributed by atoms with E-state index in [-0.39, 0.29) is 24.5 Å². The van der Waals surface area contributed by atoms with Crippen LogP contribution in [-0.4, -0.2) is 22.8 Å². The molecule has 0 fully saturated rings. The van der Waals surface area contributed by atoms with Crippen LogP contribution in [0.2, 0.25) is 5.02 Å². The minimum Gasteiger partial charge on any atom is -0.481 e. The summed E-state index contributed by atoms with van der Waals surface area (Å²) < 4.78 is 0. The first-order chi connectivity index (χ1) is 12.6. The van der Waals surface area contributed by atoms with E-state index in [0.717, 1.165) is 11.3 Å². The molecule has 7 heteroatoms. The summed E-state index contributed by atoms with van der Waals surface area (Å²) in [5, 5.41) is 12.8. The number of carboxylic acid groups (broad SMARTS) is 1. The maximum atomic E-state index is 12.9. The largest absolute Gasteiger partial charge is 0.481 e. The second-order valence-electron chi connectivity index (χ2n) is 7.10. The van der Waals surface area contributed by atoms with Crippen molar-refractivity contribution in [1.29, 1.82) is 0 Å². The van der Waals surface area contributed by atoms with Gasteiger partial charge in [0, 0.05) is 21.9 Å². The van der Waals surface area contributed by atoms with E-state index < -0.39 is 11.4 Å². The first kappa shape index (κ1) is 21.1. The highest BCUT2D eigenvalue weighted by atomic mass is 35.5. The number of aliphatic carboxylic acids is 1. The smallest absolute Gasteiger partial charge is 0.303 e. The van der Waals surface area contributed by atoms with Gasteiger partial charge in [-0.1, -0.05) is 32.4 Å². The van der Waals surface area contributed by atoms with Crippen LogP contribution in [0.25, 0.3) is 0 Å². The molecule has 0 aliphatic heterocycles. The Morgan fingerprint density at radius 1 is 1.15 bits per heavy atom. The molecule has 1 amide bonds. The quantitative estimate of drug-likeness (QED) is 0.601. The summed E-state index contributed by atoms with van der Waals surface area (Å²) in [6, 6.07) is 8.38. The Morgan fingerprint density at radius 3 is 2.33 bits per heavy atom. The number of carboxylic acids is 1. The van der Waals surface area contributed by atoms with Crippen LogP contribution in [0.1, 0.15) is 54.4 Å². The van der Waals surface area contributed by atoms with E-state index in [0.29, 0.717) is 21.2 Å². The molecule has 0 aliphatic rings. The van der Waals surface area contributed by atoms with Crippen molar-refractivity contribution in [2.24, 2.45) is 5.41 Å². The van der Waals surface area contributed by atoms with Gasteiger partial charge in [-0.05, 0) is 42.2 Å². The third kappa shape index (κ3) is 5.91. The van der Waals surface area contributed by atoms with Crippen molar-refractivity contribution in [3.8, 4) is 0 Å². The molecule has 0 aliphatic carbocycles. The van der Waals surface area contributed by atoms with E-state index in [1.807, 2.05) is 6.92 Å². The number of benzene rings is 1. The highest BCUT2D eigenvalue weighted by Crippen LogP contribution is 2.32. The summed E-state index contributed by atoms with van der Waals surface area (Å²) in [5.41, 5.74) is 0.242. The van der Waals surface area contributed by atoms with Crippen LogP contribution in [0.15, 0.2) is 30.3 Å². The van der Waals surface area contributed by atoms with Crippen molar-refractivity contribution in [3.63, 3.8) is 0 Å². The van der Waals surface area contributed by atoms with Crippen LogP contribution < -0.4 is 5.32 Å². The fourth-order valence-electron chi connectivity index (χ4n) is 2.71. The highest BCUT2D eigenvalue weighted by molar-refractivity contribution is 7.16. The van der Waals surface area contributed by atoms with Crippen molar-refractivity contribution in [1.82, 2.24) is 0 Å². The number of nitrogens with one attached hydrogen (secondary N) is 1. The van der Waals surface area contributed by atoms with E-state index in [4.69, 9.17) is 16.7 Å². The molecule has 144 valence electrons. The Balaban J connectivity index is 2.23. The average molecular weight is 408 g/mol. The van der Waals surface area contributed by atoms with Gasteiger partial charge in [-0.2, -0.15) is 0 Å². The van der Waals surface area contributed by atoms with E-state index >= 15 is 0 Å². The van der Waals surface area contributed by atoms with Crippen LogP contribution in [-0.2, 0) is 16.0 Å². The van der Waals surface area contributed by atoms with Gasteiger partial charge < -0.3 is 10.4 Å². The molecule has 2 rings (SSSR count). The molecule has 1 aromatic heterocycles. The molecule has 0 atom stereocenters. The zero-order valence-corrected chi connectivity index (χ0v) is 17.0. The molecule has 0 spiro atoms. The molecule has 0 saturated heterocycles. The number of rotatable bonds is 8. The van der Waals surface area contributed by atoms with Gasteiger partial charge in [0.2, 0.25) is 5.91 Å². The average Bonchev–Trinajstić information content (AvgIpc) is 2.95. The highest BCUT2D eigenvalue weighted by Gasteiger charge is 2.26. The zero-order chi connectivity index (χ0) is 20.2. The number of anilines is 1. The summed E-state index contributed by atoms with van der Waals surface area (Å²) >= 11 is 7.24. The fraction of sp³-hybridized carbons (Fsp3) is 0.350. The molecule has 0 saturated carbocycles. The topological polar surface area (TPSA) is 83.5 Å². The monoisotopic (exact) mass is 407 g/mol. The molecule has 27 heavy (non-hydrogen) atoms. The fourth-order valence-corrected chi connectivity index (χ4v) is 3.85. The van der Waals surface area contributed by atoms with Crippen LogP contribution in [0.3, 0.4) is 0 Å². The zero-order valence-electron chi connectivity index (χ0n) is 15.5. The number of carbonyl (C=O) groups is 3. The molecular weight excluding hydrogens is 386 g/mol. The number of halogens is 1. The van der Waals surface area contributed by atoms with Crippen molar-refractivity contribution < 1.29 is 19.5 Å². The van der Waals surface area contributed by atoms with Crippen LogP contribution in [0.5, 0.6) is 0 Å².